The van der Waals surface area contributed by atoms with E-state index in [2.05, 4.69) is 39.4 Å². The first kappa shape index (κ1) is 14.1. The van der Waals surface area contributed by atoms with Gasteiger partial charge in [-0.3, -0.25) is 0 Å². The van der Waals surface area contributed by atoms with Gasteiger partial charge >= 0.3 is 0 Å². The fourth-order valence-corrected chi connectivity index (χ4v) is 2.73. The molecule has 2 N–H and O–H groups in total. The van der Waals surface area contributed by atoms with Crippen LogP contribution in [0.15, 0.2) is 17.4 Å². The van der Waals surface area contributed by atoms with Gasteiger partial charge in [-0.2, -0.15) is 0 Å². The van der Waals surface area contributed by atoms with Crippen molar-refractivity contribution in [2.24, 2.45) is 0 Å². The molecule has 0 saturated heterocycles. The number of nitrogens with zero attached hydrogens (tertiary/aromatic N) is 3. The van der Waals surface area contributed by atoms with E-state index in [1.165, 1.54) is 16.6 Å². The molecule has 0 radical (unpaired) electrons. The Morgan fingerprint density at radius 1 is 1.32 bits per heavy atom. The summed E-state index contributed by atoms with van der Waals surface area (Å²) in [6, 6.07) is 2.03. The molecule has 0 amide bonds. The Kier molecular flexibility index (Phi) is 4.60. The van der Waals surface area contributed by atoms with Crippen molar-refractivity contribution >= 4 is 34.7 Å². The lowest BCUT2D eigenvalue weighted by Crippen LogP contribution is -2.09. The molecule has 2 aromatic rings. The van der Waals surface area contributed by atoms with Gasteiger partial charge in [0, 0.05) is 24.2 Å². The van der Waals surface area contributed by atoms with Crippen molar-refractivity contribution < 1.29 is 0 Å². The van der Waals surface area contributed by atoms with Crippen LogP contribution in [0, 0.1) is 6.92 Å². The summed E-state index contributed by atoms with van der Waals surface area (Å²) in [5.74, 6) is 1.62. The van der Waals surface area contributed by atoms with Crippen LogP contribution in [0.3, 0.4) is 0 Å². The third-order valence-corrected chi connectivity index (χ3v) is 4.16. The average molecular weight is 295 g/mol. The van der Waals surface area contributed by atoms with E-state index in [0.717, 1.165) is 21.8 Å². The monoisotopic (exact) mass is 295 g/mol. The highest BCUT2D eigenvalue weighted by Crippen LogP contribution is 2.24. The van der Waals surface area contributed by atoms with Crippen LogP contribution in [0.2, 0.25) is 0 Å². The molecule has 19 heavy (non-hydrogen) atoms. The van der Waals surface area contributed by atoms with Gasteiger partial charge in [-0.15, -0.1) is 11.3 Å². The highest BCUT2D eigenvalue weighted by Gasteiger charge is 2.11. The maximum atomic E-state index is 4.45. The van der Waals surface area contributed by atoms with E-state index >= 15 is 0 Å². The zero-order valence-electron chi connectivity index (χ0n) is 11.4. The minimum atomic E-state index is 0.132. The number of rotatable bonds is 5. The van der Waals surface area contributed by atoms with E-state index in [4.69, 9.17) is 0 Å². The normalized spacial score (nSPS) is 12.2. The summed E-state index contributed by atoms with van der Waals surface area (Å²) >= 11 is 3.22. The fraction of sp³-hybridized carbons (Fsp3) is 0.417. The summed E-state index contributed by atoms with van der Waals surface area (Å²) in [5.41, 5.74) is 0. The molecule has 1 atom stereocenters. The minimum Gasteiger partial charge on any atom is -0.373 e. The van der Waals surface area contributed by atoms with Crippen molar-refractivity contribution in [1.29, 1.82) is 0 Å². The highest BCUT2D eigenvalue weighted by atomic mass is 32.2. The number of thiazole rings is 1. The van der Waals surface area contributed by atoms with Gasteiger partial charge < -0.3 is 10.6 Å². The summed E-state index contributed by atoms with van der Waals surface area (Å²) in [6.07, 6.45) is 3.86. The van der Waals surface area contributed by atoms with Gasteiger partial charge in [0.05, 0.1) is 6.04 Å². The number of aryl methyl sites for hydroxylation is 1. The molecule has 0 aliphatic carbocycles. The standard InChI is InChI=1S/C12H17N5S2/c1-7-6-14-11(19-7)8(2)15-10-5-9(13-3)16-12(17-10)18-4/h5-6,8H,1-4H3,(H2,13,15,16,17). The predicted molar refractivity (Wildman–Crippen MR) is 82.2 cm³/mol. The SMILES string of the molecule is CNc1cc(NC(C)c2ncc(C)s2)nc(SC)n1. The van der Waals surface area contributed by atoms with Crippen LogP contribution in [0.5, 0.6) is 0 Å². The van der Waals surface area contributed by atoms with Crippen molar-refractivity contribution in [3.05, 3.63) is 22.1 Å². The fourth-order valence-electron chi connectivity index (χ4n) is 1.57. The van der Waals surface area contributed by atoms with Crippen LogP contribution in [-0.2, 0) is 0 Å². The van der Waals surface area contributed by atoms with Crippen LogP contribution < -0.4 is 10.6 Å². The topological polar surface area (TPSA) is 62.7 Å². The van der Waals surface area contributed by atoms with Crippen LogP contribution >= 0.6 is 23.1 Å². The van der Waals surface area contributed by atoms with Gasteiger partial charge in [0.2, 0.25) is 0 Å². The van der Waals surface area contributed by atoms with Gasteiger partial charge in [0.25, 0.3) is 0 Å². The summed E-state index contributed by atoms with van der Waals surface area (Å²) < 4.78 is 0. The molecule has 0 saturated carbocycles. The van der Waals surface area contributed by atoms with Gasteiger partial charge in [-0.1, -0.05) is 11.8 Å². The molecule has 2 heterocycles. The maximum Gasteiger partial charge on any atom is 0.191 e. The van der Waals surface area contributed by atoms with Crippen molar-refractivity contribution in [2.75, 3.05) is 23.9 Å². The Hall–Kier alpha value is -1.34. The lowest BCUT2D eigenvalue weighted by molar-refractivity contribution is 0.845. The number of anilines is 2. The van der Waals surface area contributed by atoms with E-state index < -0.39 is 0 Å². The molecule has 0 aliphatic rings. The van der Waals surface area contributed by atoms with Gasteiger partial charge in [0.15, 0.2) is 5.16 Å². The second kappa shape index (κ2) is 6.21. The highest BCUT2D eigenvalue weighted by molar-refractivity contribution is 7.98. The smallest absolute Gasteiger partial charge is 0.191 e. The molecule has 7 heteroatoms. The van der Waals surface area contributed by atoms with Crippen molar-refractivity contribution in [3.63, 3.8) is 0 Å². The molecular weight excluding hydrogens is 278 g/mol. The van der Waals surface area contributed by atoms with E-state index in [-0.39, 0.29) is 6.04 Å². The molecule has 2 rings (SSSR count). The lowest BCUT2D eigenvalue weighted by Gasteiger charge is -2.13. The van der Waals surface area contributed by atoms with E-state index in [0.29, 0.717) is 0 Å². The number of aromatic nitrogens is 3. The van der Waals surface area contributed by atoms with E-state index in [1.807, 2.05) is 25.6 Å². The van der Waals surface area contributed by atoms with Crippen LogP contribution in [-0.4, -0.2) is 28.3 Å². The number of nitrogens with one attached hydrogen (secondary N) is 2. The Bertz CT molecular complexity index is 533. The first-order valence-corrected chi connectivity index (χ1v) is 7.96. The van der Waals surface area contributed by atoms with Crippen LogP contribution in [0.25, 0.3) is 0 Å². The molecule has 0 fully saturated rings. The van der Waals surface area contributed by atoms with Crippen molar-refractivity contribution in [3.8, 4) is 0 Å². The molecule has 0 spiro atoms. The van der Waals surface area contributed by atoms with Crippen molar-refractivity contribution in [2.45, 2.75) is 25.0 Å². The summed E-state index contributed by atoms with van der Waals surface area (Å²) in [4.78, 5) is 14.4. The minimum absolute atomic E-state index is 0.132. The van der Waals surface area contributed by atoms with Crippen LogP contribution in [0.1, 0.15) is 22.9 Å². The van der Waals surface area contributed by atoms with Crippen molar-refractivity contribution in [1.82, 2.24) is 15.0 Å². The number of hydrogen-bond acceptors (Lipinski definition) is 7. The van der Waals surface area contributed by atoms with Gasteiger partial charge in [0.1, 0.15) is 16.6 Å². The molecule has 5 nitrogen and oxygen atoms in total. The molecule has 0 aliphatic heterocycles. The maximum absolute atomic E-state index is 4.45. The third-order valence-electron chi connectivity index (χ3n) is 2.52. The molecule has 0 aromatic carbocycles. The molecule has 0 bridgehead atoms. The Morgan fingerprint density at radius 2 is 2.05 bits per heavy atom. The largest absolute Gasteiger partial charge is 0.373 e. The van der Waals surface area contributed by atoms with E-state index in [1.54, 1.807) is 11.3 Å². The summed E-state index contributed by atoms with van der Waals surface area (Å²) in [7, 11) is 1.85. The van der Waals surface area contributed by atoms with Gasteiger partial charge in [-0.05, 0) is 20.1 Å². The molecular formula is C12H17N5S2. The number of hydrogen-bond donors (Lipinski definition) is 2. The summed E-state index contributed by atoms with van der Waals surface area (Å²) in [5, 5.41) is 8.22. The van der Waals surface area contributed by atoms with Gasteiger partial charge in [-0.25, -0.2) is 15.0 Å². The first-order valence-electron chi connectivity index (χ1n) is 5.92. The average Bonchev–Trinajstić information content (AvgIpc) is 2.85. The second-order valence-corrected chi connectivity index (χ2v) is 6.09. The predicted octanol–water partition coefficient (Wildman–Crippen LogP) is 3.18. The second-order valence-electron chi connectivity index (χ2n) is 4.05. The number of thioether (sulfide) groups is 1. The zero-order valence-corrected chi connectivity index (χ0v) is 13.0. The molecule has 2 aromatic heterocycles. The lowest BCUT2D eigenvalue weighted by atomic mass is 10.3. The van der Waals surface area contributed by atoms with Crippen LogP contribution in [0.4, 0.5) is 11.6 Å². The third kappa shape index (κ3) is 3.57. The Balaban J connectivity index is 2.18. The molecule has 102 valence electrons. The Labute approximate surface area is 121 Å². The molecule has 1 unspecified atom stereocenters. The first-order chi connectivity index (χ1) is 9.12. The zero-order chi connectivity index (χ0) is 13.8. The van der Waals surface area contributed by atoms with E-state index in [9.17, 15) is 0 Å². The quantitative estimate of drug-likeness (QED) is 0.652. The summed E-state index contributed by atoms with van der Waals surface area (Å²) in [6.45, 7) is 4.14. The Morgan fingerprint density at radius 3 is 2.63 bits per heavy atom.